The van der Waals surface area contributed by atoms with Crippen molar-refractivity contribution < 1.29 is 19.1 Å². The topological polar surface area (TPSA) is 110 Å². The summed E-state index contributed by atoms with van der Waals surface area (Å²) in [6.07, 6.45) is 4.00. The number of carbonyl (C=O) groups is 1. The lowest BCUT2D eigenvalue weighted by atomic mass is 10.3. The number of hydrogen-bond donors (Lipinski definition) is 2. The molecule has 4 rings (SSSR count). The van der Waals surface area contributed by atoms with Gasteiger partial charge in [0.05, 0.1) is 17.5 Å². The number of oxazole rings is 1. The summed E-state index contributed by atoms with van der Waals surface area (Å²) >= 11 is 0. The summed E-state index contributed by atoms with van der Waals surface area (Å²) < 4.78 is 10.8. The lowest BCUT2D eigenvalue weighted by Gasteiger charge is -2.06. The first-order valence-corrected chi connectivity index (χ1v) is 8.06. The highest BCUT2D eigenvalue weighted by atomic mass is 16.5. The highest BCUT2D eigenvalue weighted by Crippen LogP contribution is 2.25. The van der Waals surface area contributed by atoms with Gasteiger partial charge in [0.1, 0.15) is 17.9 Å². The maximum atomic E-state index is 12.0. The van der Waals surface area contributed by atoms with E-state index in [1.54, 1.807) is 42.7 Å². The number of aromatic nitrogens is 3. The Balaban J connectivity index is 1.44. The molecule has 0 radical (unpaired) electrons. The van der Waals surface area contributed by atoms with Crippen LogP contribution in [-0.4, -0.2) is 26.2 Å². The van der Waals surface area contributed by atoms with Gasteiger partial charge in [0, 0.05) is 18.1 Å². The van der Waals surface area contributed by atoms with Crippen LogP contribution in [0.5, 0.6) is 5.75 Å². The predicted molar refractivity (Wildman–Crippen MR) is 96.9 cm³/mol. The number of amides is 1. The second kappa shape index (κ2) is 7.12. The van der Waals surface area contributed by atoms with Crippen molar-refractivity contribution in [3.8, 4) is 17.2 Å². The molecule has 0 aliphatic heterocycles. The Bertz CT molecular complexity index is 1080. The fourth-order valence-electron chi connectivity index (χ4n) is 2.41. The Morgan fingerprint density at radius 3 is 2.89 bits per heavy atom. The summed E-state index contributed by atoms with van der Waals surface area (Å²) in [7, 11) is 0. The van der Waals surface area contributed by atoms with E-state index in [4.69, 9.17) is 9.15 Å². The van der Waals surface area contributed by atoms with E-state index >= 15 is 0 Å². The molecule has 0 saturated carbocycles. The number of ether oxygens (including phenoxy) is 1. The molecule has 3 heterocycles. The van der Waals surface area contributed by atoms with Crippen LogP contribution in [0, 0.1) is 0 Å². The normalized spacial score (nSPS) is 10.7. The number of aromatic hydroxyl groups is 1. The molecule has 8 nitrogen and oxygen atoms in total. The number of rotatable bonds is 4. The first kappa shape index (κ1) is 16.5. The molecule has 1 aromatic carbocycles. The van der Waals surface area contributed by atoms with E-state index in [0.717, 1.165) is 5.56 Å². The molecule has 0 aliphatic rings. The quantitative estimate of drug-likeness (QED) is 0.569. The number of pyridine rings is 2. The third-order valence-corrected chi connectivity index (χ3v) is 3.70. The van der Waals surface area contributed by atoms with Crippen molar-refractivity contribution in [3.05, 3.63) is 66.7 Å². The largest absolute Gasteiger partial charge is 0.506 e. The molecule has 0 saturated heterocycles. The molecule has 2 N–H and O–H groups in total. The standard InChI is InChI=1S/C19H14N4O4/c24-15-5-3-14(21-10-15)11-26-19(25)22-13-4-6-17-16(8-13)23-18(27-17)12-2-1-7-20-9-12/h1-10,24H,11H2,(H,22,25). The summed E-state index contributed by atoms with van der Waals surface area (Å²) in [4.78, 5) is 24.4. The monoisotopic (exact) mass is 362 g/mol. The first-order chi connectivity index (χ1) is 13.2. The Morgan fingerprint density at radius 2 is 2.11 bits per heavy atom. The molecule has 0 unspecified atom stereocenters. The van der Waals surface area contributed by atoms with Crippen LogP contribution in [0.4, 0.5) is 10.5 Å². The van der Waals surface area contributed by atoms with E-state index < -0.39 is 6.09 Å². The van der Waals surface area contributed by atoms with E-state index in [-0.39, 0.29) is 12.4 Å². The molecule has 27 heavy (non-hydrogen) atoms. The molecule has 0 atom stereocenters. The lowest BCUT2D eigenvalue weighted by molar-refractivity contribution is 0.153. The zero-order valence-corrected chi connectivity index (χ0v) is 14.0. The minimum atomic E-state index is -0.625. The number of benzene rings is 1. The van der Waals surface area contributed by atoms with E-state index in [1.807, 2.05) is 6.07 Å². The molecule has 0 fully saturated rings. The Hall–Kier alpha value is -3.94. The second-order valence-electron chi connectivity index (χ2n) is 5.65. The fourth-order valence-corrected chi connectivity index (χ4v) is 2.41. The molecule has 4 aromatic rings. The number of fused-ring (bicyclic) bond motifs is 1. The van der Waals surface area contributed by atoms with Crippen LogP contribution in [0.1, 0.15) is 5.69 Å². The van der Waals surface area contributed by atoms with Gasteiger partial charge in [-0.25, -0.2) is 9.78 Å². The molecule has 134 valence electrons. The predicted octanol–water partition coefficient (Wildman–Crippen LogP) is 3.74. The van der Waals surface area contributed by atoms with Crippen molar-refractivity contribution >= 4 is 22.9 Å². The van der Waals surface area contributed by atoms with E-state index in [2.05, 4.69) is 20.3 Å². The van der Waals surface area contributed by atoms with Crippen LogP contribution in [0.25, 0.3) is 22.6 Å². The Morgan fingerprint density at radius 1 is 1.19 bits per heavy atom. The number of hydrogen-bond acceptors (Lipinski definition) is 7. The van der Waals surface area contributed by atoms with Crippen molar-refractivity contribution in [1.82, 2.24) is 15.0 Å². The summed E-state index contributed by atoms with van der Waals surface area (Å²) in [6, 6.07) is 11.8. The summed E-state index contributed by atoms with van der Waals surface area (Å²) in [5.74, 6) is 0.506. The molecule has 0 bridgehead atoms. The molecular weight excluding hydrogens is 348 g/mol. The third-order valence-electron chi connectivity index (χ3n) is 3.70. The smallest absolute Gasteiger partial charge is 0.412 e. The number of nitrogens with one attached hydrogen (secondary N) is 1. The van der Waals surface area contributed by atoms with E-state index in [9.17, 15) is 9.90 Å². The van der Waals surface area contributed by atoms with Crippen molar-refractivity contribution in [2.24, 2.45) is 0 Å². The lowest BCUT2D eigenvalue weighted by Crippen LogP contribution is -2.13. The van der Waals surface area contributed by atoms with E-state index in [1.165, 1.54) is 12.3 Å². The van der Waals surface area contributed by atoms with Gasteiger partial charge in [-0.3, -0.25) is 15.3 Å². The minimum absolute atomic E-state index is 0.0104. The van der Waals surface area contributed by atoms with Crippen LogP contribution in [0.2, 0.25) is 0 Å². The fraction of sp³-hybridized carbons (Fsp3) is 0.0526. The van der Waals surface area contributed by atoms with Gasteiger partial charge in [0.15, 0.2) is 5.58 Å². The third kappa shape index (κ3) is 3.84. The molecule has 0 aliphatic carbocycles. The van der Waals surface area contributed by atoms with Crippen molar-refractivity contribution in [3.63, 3.8) is 0 Å². The van der Waals surface area contributed by atoms with Crippen LogP contribution in [0.15, 0.2) is 65.5 Å². The number of anilines is 1. The molecule has 3 aromatic heterocycles. The van der Waals surface area contributed by atoms with Crippen molar-refractivity contribution in [1.29, 1.82) is 0 Å². The maximum Gasteiger partial charge on any atom is 0.412 e. The molecule has 1 amide bonds. The van der Waals surface area contributed by atoms with Gasteiger partial charge in [0.2, 0.25) is 5.89 Å². The molecule has 8 heteroatoms. The van der Waals surface area contributed by atoms with Crippen LogP contribution < -0.4 is 5.32 Å². The average Bonchev–Trinajstić information content (AvgIpc) is 3.12. The summed E-state index contributed by atoms with van der Waals surface area (Å²) in [6.45, 7) is -0.0104. The summed E-state index contributed by atoms with van der Waals surface area (Å²) in [5.41, 5.74) is 3.02. The van der Waals surface area contributed by atoms with Gasteiger partial charge in [0.25, 0.3) is 0 Å². The van der Waals surface area contributed by atoms with Crippen molar-refractivity contribution in [2.75, 3.05) is 5.32 Å². The second-order valence-corrected chi connectivity index (χ2v) is 5.65. The van der Waals surface area contributed by atoms with Gasteiger partial charge in [-0.15, -0.1) is 0 Å². The Labute approximate surface area is 153 Å². The van der Waals surface area contributed by atoms with E-state index in [0.29, 0.717) is 28.4 Å². The van der Waals surface area contributed by atoms with Gasteiger partial charge < -0.3 is 14.3 Å². The van der Waals surface area contributed by atoms with Crippen molar-refractivity contribution in [2.45, 2.75) is 6.61 Å². The zero-order chi connectivity index (χ0) is 18.6. The highest BCUT2D eigenvalue weighted by molar-refractivity contribution is 5.88. The van der Waals surface area contributed by atoms with Gasteiger partial charge in [-0.2, -0.15) is 0 Å². The average molecular weight is 362 g/mol. The number of carbonyl (C=O) groups excluding carboxylic acids is 1. The Kier molecular flexibility index (Phi) is 4.36. The maximum absolute atomic E-state index is 12.0. The van der Waals surface area contributed by atoms with Crippen LogP contribution in [-0.2, 0) is 11.3 Å². The van der Waals surface area contributed by atoms with Gasteiger partial charge >= 0.3 is 6.09 Å². The SMILES string of the molecule is O=C(Nc1ccc2oc(-c3cccnc3)nc2c1)OCc1ccc(O)cn1. The zero-order valence-electron chi connectivity index (χ0n) is 14.0. The number of nitrogens with zero attached hydrogens (tertiary/aromatic N) is 3. The molecular formula is C19H14N4O4. The van der Waals surface area contributed by atoms with Crippen LogP contribution >= 0.6 is 0 Å². The van der Waals surface area contributed by atoms with Gasteiger partial charge in [-0.1, -0.05) is 0 Å². The van der Waals surface area contributed by atoms with Gasteiger partial charge in [-0.05, 0) is 42.5 Å². The minimum Gasteiger partial charge on any atom is -0.506 e. The molecule has 0 spiro atoms. The summed E-state index contributed by atoms with van der Waals surface area (Å²) in [5, 5.41) is 11.8. The first-order valence-electron chi connectivity index (χ1n) is 8.06. The highest BCUT2D eigenvalue weighted by Gasteiger charge is 2.10. The van der Waals surface area contributed by atoms with Crippen LogP contribution in [0.3, 0.4) is 0 Å².